The average molecular weight is 258 g/mol. The Hall–Kier alpha value is -1.67. The van der Waals surface area contributed by atoms with Crippen molar-refractivity contribution >= 4 is 0 Å². The molecule has 2 heteroatoms. The number of aryl methyl sites for hydroxylation is 2. The zero-order valence-corrected chi connectivity index (χ0v) is 11.6. The summed E-state index contributed by atoms with van der Waals surface area (Å²) >= 11 is 0. The highest BCUT2D eigenvalue weighted by atomic mass is 19.1. The fourth-order valence-electron chi connectivity index (χ4n) is 2.21. The lowest BCUT2D eigenvalue weighted by molar-refractivity contribution is 0.0571. The molecule has 0 saturated heterocycles. The minimum atomic E-state index is -1.07. The third kappa shape index (κ3) is 3.02. The first kappa shape index (κ1) is 13.8. The van der Waals surface area contributed by atoms with E-state index in [1.54, 1.807) is 26.0 Å². The maximum atomic E-state index is 13.6. The lowest BCUT2D eigenvalue weighted by Gasteiger charge is -2.25. The Morgan fingerprint density at radius 3 is 2.37 bits per heavy atom. The third-order valence-corrected chi connectivity index (χ3v) is 3.59. The van der Waals surface area contributed by atoms with E-state index in [0.717, 1.165) is 11.1 Å². The Bertz CT molecular complexity index is 588. The molecule has 1 atom stereocenters. The topological polar surface area (TPSA) is 20.2 Å². The maximum Gasteiger partial charge on any atom is 0.126 e. The van der Waals surface area contributed by atoms with Crippen molar-refractivity contribution in [3.05, 3.63) is 70.5 Å². The summed E-state index contributed by atoms with van der Waals surface area (Å²) < 4.78 is 13.6. The average Bonchev–Trinajstić information content (AvgIpc) is 2.35. The van der Waals surface area contributed by atoms with Crippen LogP contribution in [0.5, 0.6) is 0 Å². The fraction of sp³-hybridized carbons (Fsp3) is 0.294. The van der Waals surface area contributed by atoms with Crippen molar-refractivity contribution in [2.75, 3.05) is 0 Å². The van der Waals surface area contributed by atoms with Crippen LogP contribution in [0, 0.1) is 19.7 Å². The van der Waals surface area contributed by atoms with E-state index < -0.39 is 5.60 Å². The predicted molar refractivity (Wildman–Crippen MR) is 75.6 cm³/mol. The second-order valence-corrected chi connectivity index (χ2v) is 5.34. The largest absolute Gasteiger partial charge is 0.385 e. The quantitative estimate of drug-likeness (QED) is 0.885. The van der Waals surface area contributed by atoms with Gasteiger partial charge in [-0.05, 0) is 49.1 Å². The van der Waals surface area contributed by atoms with Gasteiger partial charge in [0.2, 0.25) is 0 Å². The fourth-order valence-corrected chi connectivity index (χ4v) is 2.21. The first-order valence-corrected chi connectivity index (χ1v) is 6.44. The summed E-state index contributed by atoms with van der Waals surface area (Å²) in [7, 11) is 0. The number of rotatable bonds is 3. The van der Waals surface area contributed by atoms with Gasteiger partial charge in [-0.25, -0.2) is 4.39 Å². The Morgan fingerprint density at radius 2 is 1.74 bits per heavy atom. The van der Waals surface area contributed by atoms with Gasteiger partial charge in [0.25, 0.3) is 0 Å². The first-order valence-electron chi connectivity index (χ1n) is 6.44. The molecule has 0 aromatic heterocycles. The van der Waals surface area contributed by atoms with E-state index >= 15 is 0 Å². The molecule has 0 amide bonds. The summed E-state index contributed by atoms with van der Waals surface area (Å²) in [6, 6.07) is 12.9. The highest BCUT2D eigenvalue weighted by Gasteiger charge is 2.24. The lowest BCUT2D eigenvalue weighted by atomic mass is 9.87. The predicted octanol–water partition coefficient (Wildman–Crippen LogP) is 3.89. The molecule has 0 aliphatic heterocycles. The molecular formula is C17H19FO. The maximum absolute atomic E-state index is 13.6. The van der Waals surface area contributed by atoms with Crippen LogP contribution in [0.25, 0.3) is 0 Å². The summed E-state index contributed by atoms with van der Waals surface area (Å²) in [5.41, 5.74) is 2.35. The molecule has 0 fully saturated rings. The number of halogens is 1. The van der Waals surface area contributed by atoms with Crippen molar-refractivity contribution in [3.63, 3.8) is 0 Å². The van der Waals surface area contributed by atoms with Crippen molar-refractivity contribution in [2.24, 2.45) is 0 Å². The zero-order valence-electron chi connectivity index (χ0n) is 11.6. The van der Waals surface area contributed by atoms with E-state index in [-0.39, 0.29) is 5.82 Å². The van der Waals surface area contributed by atoms with E-state index in [0.29, 0.717) is 17.5 Å². The van der Waals surface area contributed by atoms with Gasteiger partial charge in [0, 0.05) is 6.42 Å². The molecule has 2 aromatic rings. The van der Waals surface area contributed by atoms with Gasteiger partial charge in [-0.15, -0.1) is 0 Å². The van der Waals surface area contributed by atoms with E-state index in [4.69, 9.17) is 0 Å². The second-order valence-electron chi connectivity index (χ2n) is 5.34. The van der Waals surface area contributed by atoms with Gasteiger partial charge >= 0.3 is 0 Å². The normalized spacial score (nSPS) is 14.2. The second kappa shape index (κ2) is 5.14. The van der Waals surface area contributed by atoms with Crippen LogP contribution < -0.4 is 0 Å². The first-order chi connectivity index (χ1) is 8.90. The Labute approximate surface area is 113 Å². The lowest BCUT2D eigenvalue weighted by Crippen LogP contribution is -2.25. The van der Waals surface area contributed by atoms with Crippen molar-refractivity contribution in [2.45, 2.75) is 32.8 Å². The van der Waals surface area contributed by atoms with E-state index in [2.05, 4.69) is 0 Å². The van der Waals surface area contributed by atoms with Crippen LogP contribution in [-0.2, 0) is 12.0 Å². The van der Waals surface area contributed by atoms with Gasteiger partial charge in [-0.1, -0.05) is 36.4 Å². The Morgan fingerprint density at radius 1 is 1.05 bits per heavy atom. The minimum Gasteiger partial charge on any atom is -0.385 e. The summed E-state index contributed by atoms with van der Waals surface area (Å²) in [6.07, 6.45) is 0.474. The van der Waals surface area contributed by atoms with Gasteiger partial charge in [0.1, 0.15) is 5.82 Å². The van der Waals surface area contributed by atoms with Gasteiger partial charge in [-0.3, -0.25) is 0 Å². The molecule has 100 valence electrons. The van der Waals surface area contributed by atoms with E-state index in [1.807, 2.05) is 31.2 Å². The van der Waals surface area contributed by atoms with Crippen molar-refractivity contribution < 1.29 is 9.50 Å². The highest BCUT2D eigenvalue weighted by molar-refractivity contribution is 5.32. The molecule has 1 nitrogen and oxygen atoms in total. The number of benzene rings is 2. The van der Waals surface area contributed by atoms with Crippen LogP contribution >= 0.6 is 0 Å². The molecule has 0 heterocycles. The molecule has 19 heavy (non-hydrogen) atoms. The van der Waals surface area contributed by atoms with E-state index in [1.165, 1.54) is 6.07 Å². The monoisotopic (exact) mass is 258 g/mol. The SMILES string of the molecule is Cc1ccc(C(C)(O)Cc2ccccc2C)cc1F. The standard InChI is InChI=1S/C17H19FO/c1-12-6-4-5-7-14(12)11-17(3,19)15-9-8-13(2)16(18)10-15/h4-10,19H,11H2,1-3H3. The molecule has 0 bridgehead atoms. The third-order valence-electron chi connectivity index (χ3n) is 3.59. The smallest absolute Gasteiger partial charge is 0.126 e. The molecule has 2 rings (SSSR count). The van der Waals surface area contributed by atoms with Crippen LogP contribution in [0.2, 0.25) is 0 Å². The molecular weight excluding hydrogens is 239 g/mol. The molecule has 2 aromatic carbocycles. The van der Waals surface area contributed by atoms with Gasteiger partial charge < -0.3 is 5.11 Å². The minimum absolute atomic E-state index is 0.275. The molecule has 0 aliphatic rings. The van der Waals surface area contributed by atoms with Crippen LogP contribution in [0.1, 0.15) is 29.2 Å². The van der Waals surface area contributed by atoms with Gasteiger partial charge in [-0.2, -0.15) is 0 Å². The Balaban J connectivity index is 2.32. The summed E-state index contributed by atoms with van der Waals surface area (Å²) in [6.45, 7) is 5.46. The molecule has 0 radical (unpaired) electrons. The highest BCUT2D eigenvalue weighted by Crippen LogP contribution is 2.27. The number of aliphatic hydroxyl groups is 1. The van der Waals surface area contributed by atoms with Crippen LogP contribution in [0.3, 0.4) is 0 Å². The van der Waals surface area contributed by atoms with Crippen molar-refractivity contribution in [1.29, 1.82) is 0 Å². The molecule has 0 spiro atoms. The number of hydrogen-bond acceptors (Lipinski definition) is 1. The van der Waals surface area contributed by atoms with Crippen LogP contribution in [0.4, 0.5) is 4.39 Å². The van der Waals surface area contributed by atoms with Crippen molar-refractivity contribution in [1.82, 2.24) is 0 Å². The summed E-state index contributed by atoms with van der Waals surface area (Å²) in [5.74, 6) is -0.275. The molecule has 0 aliphatic carbocycles. The molecule has 0 saturated carbocycles. The van der Waals surface area contributed by atoms with Gasteiger partial charge in [0.15, 0.2) is 0 Å². The summed E-state index contributed by atoms with van der Waals surface area (Å²) in [4.78, 5) is 0. The summed E-state index contributed by atoms with van der Waals surface area (Å²) in [5, 5.41) is 10.6. The molecule has 1 N–H and O–H groups in total. The van der Waals surface area contributed by atoms with Gasteiger partial charge in [0.05, 0.1) is 5.60 Å². The van der Waals surface area contributed by atoms with E-state index in [9.17, 15) is 9.50 Å². The number of hydrogen-bond donors (Lipinski definition) is 1. The van der Waals surface area contributed by atoms with Crippen LogP contribution in [-0.4, -0.2) is 5.11 Å². The zero-order chi connectivity index (χ0) is 14.0. The van der Waals surface area contributed by atoms with Crippen LogP contribution in [0.15, 0.2) is 42.5 Å². The van der Waals surface area contributed by atoms with Crippen molar-refractivity contribution in [3.8, 4) is 0 Å². The molecule has 1 unspecified atom stereocenters. The Kier molecular flexibility index (Phi) is 3.72.